The molecule has 92 valence electrons. The van der Waals surface area contributed by atoms with Crippen molar-refractivity contribution < 1.29 is 4.74 Å². The van der Waals surface area contributed by atoms with Crippen molar-refractivity contribution in [3.63, 3.8) is 0 Å². The second-order valence-electron chi connectivity index (χ2n) is 5.69. The van der Waals surface area contributed by atoms with E-state index in [0.29, 0.717) is 11.5 Å². The number of fused-ring (bicyclic) bond motifs is 2. The fraction of sp³-hybridized carbons (Fsp3) is 0.600. The van der Waals surface area contributed by atoms with Crippen molar-refractivity contribution in [2.45, 2.75) is 38.1 Å². The van der Waals surface area contributed by atoms with Crippen LogP contribution in [0, 0.1) is 0 Å². The molecule has 0 N–H and O–H groups in total. The third-order valence-electron chi connectivity index (χ3n) is 4.45. The van der Waals surface area contributed by atoms with E-state index < -0.39 is 0 Å². The molecule has 2 aliphatic heterocycles. The summed E-state index contributed by atoms with van der Waals surface area (Å²) >= 11 is 0. The van der Waals surface area contributed by atoms with Gasteiger partial charge in [0.2, 0.25) is 0 Å². The van der Waals surface area contributed by atoms with E-state index in [4.69, 9.17) is 4.74 Å². The largest absolute Gasteiger partial charge is 0.492 e. The van der Waals surface area contributed by atoms with Crippen LogP contribution in [0.3, 0.4) is 0 Å². The molecule has 0 unspecified atom stereocenters. The molecule has 0 saturated carbocycles. The molecule has 17 heavy (non-hydrogen) atoms. The number of para-hydroxylation sites is 1. The van der Waals surface area contributed by atoms with E-state index in [2.05, 4.69) is 43.0 Å². The molecule has 1 fully saturated rings. The minimum atomic E-state index is 0.308. The summed E-state index contributed by atoms with van der Waals surface area (Å²) in [6.07, 6.45) is 2.48. The highest BCUT2D eigenvalue weighted by Gasteiger charge is 2.42. The lowest BCUT2D eigenvalue weighted by molar-refractivity contribution is 0.112. The number of hydrogen-bond donors (Lipinski definition) is 0. The van der Waals surface area contributed by atoms with E-state index in [-0.39, 0.29) is 0 Å². The van der Waals surface area contributed by atoms with E-state index in [1.54, 1.807) is 0 Å². The highest BCUT2D eigenvalue weighted by Crippen LogP contribution is 2.45. The predicted molar refractivity (Wildman–Crippen MR) is 69.6 cm³/mol. The molecule has 0 aromatic heterocycles. The van der Waals surface area contributed by atoms with Gasteiger partial charge in [0, 0.05) is 17.0 Å². The quantitative estimate of drug-likeness (QED) is 0.737. The van der Waals surface area contributed by atoms with Crippen LogP contribution in [-0.4, -0.2) is 30.6 Å². The average Bonchev–Trinajstić information content (AvgIpc) is 2.70. The Morgan fingerprint density at radius 3 is 2.59 bits per heavy atom. The Morgan fingerprint density at radius 1 is 1.18 bits per heavy atom. The van der Waals surface area contributed by atoms with Crippen molar-refractivity contribution >= 4 is 0 Å². The molecular formula is C15H21NO. The molecule has 1 aromatic rings. The topological polar surface area (TPSA) is 12.5 Å². The van der Waals surface area contributed by atoms with Gasteiger partial charge in [-0.05, 0) is 45.8 Å². The zero-order valence-corrected chi connectivity index (χ0v) is 10.8. The molecule has 3 rings (SSSR count). The lowest BCUT2D eigenvalue weighted by Crippen LogP contribution is -2.46. The van der Waals surface area contributed by atoms with Gasteiger partial charge in [-0.2, -0.15) is 0 Å². The Hall–Kier alpha value is -1.02. The Balaban J connectivity index is 1.82. The minimum Gasteiger partial charge on any atom is -0.492 e. The minimum absolute atomic E-state index is 0.308. The molecule has 1 saturated heterocycles. The van der Waals surface area contributed by atoms with Crippen LogP contribution < -0.4 is 4.74 Å². The summed E-state index contributed by atoms with van der Waals surface area (Å²) in [5, 5.41) is 0. The normalized spacial score (nSPS) is 22.8. The number of nitrogens with zero attached hydrogens (tertiary/aromatic N) is 1. The molecule has 2 nitrogen and oxygen atoms in total. The molecule has 2 heterocycles. The predicted octanol–water partition coefficient (Wildman–Crippen LogP) is 2.82. The lowest BCUT2D eigenvalue weighted by atomic mass is 9.74. The van der Waals surface area contributed by atoms with Crippen LogP contribution in [0.4, 0.5) is 0 Å². The van der Waals surface area contributed by atoms with Gasteiger partial charge in [-0.15, -0.1) is 0 Å². The van der Waals surface area contributed by atoms with E-state index in [1.807, 2.05) is 0 Å². The summed E-state index contributed by atoms with van der Waals surface area (Å²) in [5.41, 5.74) is 1.76. The number of hydrogen-bond acceptors (Lipinski definition) is 2. The summed E-state index contributed by atoms with van der Waals surface area (Å²) < 4.78 is 5.87. The van der Waals surface area contributed by atoms with E-state index >= 15 is 0 Å². The maximum atomic E-state index is 5.87. The smallest absolute Gasteiger partial charge is 0.123 e. The van der Waals surface area contributed by atoms with Crippen molar-refractivity contribution in [3.05, 3.63) is 29.8 Å². The van der Waals surface area contributed by atoms with Crippen LogP contribution in [0.5, 0.6) is 5.75 Å². The van der Waals surface area contributed by atoms with Crippen LogP contribution in [0.15, 0.2) is 24.3 Å². The second-order valence-corrected chi connectivity index (χ2v) is 5.69. The van der Waals surface area contributed by atoms with Crippen molar-refractivity contribution in [1.29, 1.82) is 0 Å². The SMILES string of the molecule is CC(C)N1CCC2(CC1)COc1ccccc12. The monoisotopic (exact) mass is 231 g/mol. The third kappa shape index (κ3) is 1.75. The maximum absolute atomic E-state index is 5.87. The van der Waals surface area contributed by atoms with Gasteiger partial charge < -0.3 is 9.64 Å². The molecule has 0 amide bonds. The standard InChI is InChI=1S/C15H21NO/c1-12(2)16-9-7-15(8-10-16)11-17-14-6-4-3-5-13(14)15/h3-6,12H,7-11H2,1-2H3. The lowest BCUT2D eigenvalue weighted by Gasteiger charge is -2.40. The third-order valence-corrected chi connectivity index (χ3v) is 4.45. The number of piperidine rings is 1. The fourth-order valence-electron chi connectivity index (χ4n) is 3.21. The van der Waals surface area contributed by atoms with Crippen LogP contribution in [-0.2, 0) is 5.41 Å². The highest BCUT2D eigenvalue weighted by atomic mass is 16.5. The van der Waals surface area contributed by atoms with Crippen molar-refractivity contribution in [3.8, 4) is 5.75 Å². The Labute approximate surface area is 104 Å². The van der Waals surface area contributed by atoms with Gasteiger partial charge in [0.1, 0.15) is 5.75 Å². The van der Waals surface area contributed by atoms with Crippen LogP contribution in [0.2, 0.25) is 0 Å². The van der Waals surface area contributed by atoms with E-state index in [9.17, 15) is 0 Å². The Morgan fingerprint density at radius 2 is 1.88 bits per heavy atom. The summed E-state index contributed by atoms with van der Waals surface area (Å²) in [6, 6.07) is 9.25. The molecule has 2 heteroatoms. The fourth-order valence-corrected chi connectivity index (χ4v) is 3.21. The molecular weight excluding hydrogens is 210 g/mol. The summed E-state index contributed by atoms with van der Waals surface area (Å²) in [4.78, 5) is 2.58. The molecule has 0 atom stereocenters. The summed E-state index contributed by atoms with van der Waals surface area (Å²) in [7, 11) is 0. The number of benzene rings is 1. The van der Waals surface area contributed by atoms with Gasteiger partial charge in [-0.1, -0.05) is 18.2 Å². The average molecular weight is 231 g/mol. The van der Waals surface area contributed by atoms with Gasteiger partial charge in [0.15, 0.2) is 0 Å². The zero-order valence-electron chi connectivity index (χ0n) is 10.8. The van der Waals surface area contributed by atoms with Crippen LogP contribution >= 0.6 is 0 Å². The first-order valence-electron chi connectivity index (χ1n) is 6.68. The van der Waals surface area contributed by atoms with Crippen molar-refractivity contribution in [1.82, 2.24) is 4.90 Å². The Kier molecular flexibility index (Phi) is 2.62. The zero-order chi connectivity index (χ0) is 11.9. The Bertz CT molecular complexity index is 405. The maximum Gasteiger partial charge on any atom is 0.123 e. The second kappa shape index (κ2) is 4.02. The first-order chi connectivity index (χ1) is 8.21. The van der Waals surface area contributed by atoms with Crippen LogP contribution in [0.25, 0.3) is 0 Å². The number of likely N-dealkylation sites (tertiary alicyclic amines) is 1. The molecule has 0 bridgehead atoms. The first-order valence-corrected chi connectivity index (χ1v) is 6.68. The first kappa shape index (κ1) is 11.1. The van der Waals surface area contributed by atoms with Crippen molar-refractivity contribution in [2.75, 3.05) is 19.7 Å². The van der Waals surface area contributed by atoms with Gasteiger partial charge in [-0.25, -0.2) is 0 Å². The summed E-state index contributed by atoms with van der Waals surface area (Å²) in [6.45, 7) is 7.87. The number of ether oxygens (including phenoxy) is 1. The molecule has 1 aromatic carbocycles. The van der Waals surface area contributed by atoms with Gasteiger partial charge >= 0.3 is 0 Å². The van der Waals surface area contributed by atoms with E-state index in [1.165, 1.54) is 31.5 Å². The molecule has 0 aliphatic carbocycles. The summed E-state index contributed by atoms with van der Waals surface area (Å²) in [5.74, 6) is 1.12. The van der Waals surface area contributed by atoms with E-state index in [0.717, 1.165) is 12.4 Å². The van der Waals surface area contributed by atoms with Crippen molar-refractivity contribution in [2.24, 2.45) is 0 Å². The van der Waals surface area contributed by atoms with Gasteiger partial charge in [0.25, 0.3) is 0 Å². The van der Waals surface area contributed by atoms with Gasteiger partial charge in [-0.3, -0.25) is 0 Å². The van der Waals surface area contributed by atoms with Gasteiger partial charge in [0.05, 0.1) is 6.61 Å². The molecule has 0 radical (unpaired) electrons. The van der Waals surface area contributed by atoms with Crippen LogP contribution in [0.1, 0.15) is 32.3 Å². The number of rotatable bonds is 1. The molecule has 1 spiro atoms. The molecule has 2 aliphatic rings. The highest BCUT2D eigenvalue weighted by molar-refractivity contribution is 5.43.